The quantitative estimate of drug-likeness (QED) is 0.326. The second kappa shape index (κ2) is 7.30. The molecule has 132 valence electrons. The van der Waals surface area contributed by atoms with Crippen LogP contribution in [0.4, 0.5) is 0 Å². The molecule has 0 bridgehead atoms. The molecule has 0 aromatic heterocycles. The third-order valence-corrected chi connectivity index (χ3v) is 4.50. The molecule has 27 heavy (non-hydrogen) atoms. The lowest BCUT2D eigenvalue weighted by molar-refractivity contribution is 0.0955. The highest BCUT2D eigenvalue weighted by atomic mass is 16.5. The highest BCUT2D eigenvalue weighted by molar-refractivity contribution is 6.13. The lowest BCUT2D eigenvalue weighted by Crippen LogP contribution is -2.17. The molecule has 4 aromatic rings. The maximum absolute atomic E-state index is 12.3. The number of carbonyl (C=O) groups excluding carboxylic acids is 1. The highest BCUT2D eigenvalue weighted by Gasteiger charge is 2.07. The maximum Gasteiger partial charge on any atom is 0.271 e. The molecule has 4 rings (SSSR count). The zero-order chi connectivity index (χ0) is 18.6. The Morgan fingerprint density at radius 2 is 1.56 bits per heavy atom. The largest absolute Gasteiger partial charge is 0.497 e. The topological polar surface area (TPSA) is 50.7 Å². The number of benzene rings is 4. The molecule has 0 spiro atoms. The van der Waals surface area contributed by atoms with Crippen molar-refractivity contribution in [1.82, 2.24) is 5.43 Å². The van der Waals surface area contributed by atoms with Gasteiger partial charge >= 0.3 is 0 Å². The van der Waals surface area contributed by atoms with E-state index in [1.807, 2.05) is 24.3 Å². The Morgan fingerprint density at radius 1 is 0.889 bits per heavy atom. The van der Waals surface area contributed by atoms with Gasteiger partial charge in [0, 0.05) is 11.1 Å². The van der Waals surface area contributed by atoms with Crippen LogP contribution < -0.4 is 10.2 Å². The summed E-state index contributed by atoms with van der Waals surface area (Å²) >= 11 is 0. The molecular formula is C23H18N2O2. The first-order chi connectivity index (χ1) is 13.3. The maximum atomic E-state index is 12.3. The second-order valence-electron chi connectivity index (χ2n) is 6.16. The zero-order valence-corrected chi connectivity index (χ0v) is 14.8. The first-order valence-corrected chi connectivity index (χ1v) is 8.64. The molecule has 4 heteroatoms. The van der Waals surface area contributed by atoms with Gasteiger partial charge in [0.15, 0.2) is 0 Å². The van der Waals surface area contributed by atoms with Gasteiger partial charge in [0.1, 0.15) is 5.75 Å². The molecule has 0 radical (unpaired) electrons. The Kier molecular flexibility index (Phi) is 4.54. The minimum absolute atomic E-state index is 0.283. The average Bonchev–Trinajstić information content (AvgIpc) is 2.73. The number of hydrazone groups is 1. The van der Waals surface area contributed by atoms with Crippen molar-refractivity contribution in [2.24, 2.45) is 5.10 Å². The van der Waals surface area contributed by atoms with Crippen molar-refractivity contribution in [3.63, 3.8) is 0 Å². The van der Waals surface area contributed by atoms with Crippen LogP contribution in [0, 0.1) is 0 Å². The number of hydrogen-bond acceptors (Lipinski definition) is 3. The number of methoxy groups -OCH3 is 1. The van der Waals surface area contributed by atoms with E-state index in [0.717, 1.165) is 27.1 Å². The monoisotopic (exact) mass is 354 g/mol. The number of fused-ring (bicyclic) bond motifs is 2. The van der Waals surface area contributed by atoms with Crippen LogP contribution >= 0.6 is 0 Å². The molecule has 1 amide bonds. The van der Waals surface area contributed by atoms with Crippen molar-refractivity contribution >= 4 is 33.7 Å². The fraction of sp³-hybridized carbons (Fsp3) is 0.0435. The molecule has 0 saturated heterocycles. The highest BCUT2D eigenvalue weighted by Crippen LogP contribution is 2.27. The average molecular weight is 354 g/mol. The zero-order valence-electron chi connectivity index (χ0n) is 14.8. The number of rotatable bonds is 4. The van der Waals surface area contributed by atoms with Gasteiger partial charge in [-0.25, -0.2) is 5.43 Å². The lowest BCUT2D eigenvalue weighted by atomic mass is 9.97. The molecule has 0 unspecified atom stereocenters. The molecule has 0 fully saturated rings. The summed E-state index contributed by atoms with van der Waals surface area (Å²) in [7, 11) is 1.57. The summed E-state index contributed by atoms with van der Waals surface area (Å²) in [5.74, 6) is 0.348. The third kappa shape index (κ3) is 3.37. The molecule has 4 nitrogen and oxygen atoms in total. The van der Waals surface area contributed by atoms with Crippen molar-refractivity contribution in [2.45, 2.75) is 0 Å². The fourth-order valence-corrected chi connectivity index (χ4v) is 3.17. The van der Waals surface area contributed by atoms with E-state index in [9.17, 15) is 4.79 Å². The first-order valence-electron chi connectivity index (χ1n) is 8.64. The van der Waals surface area contributed by atoms with Gasteiger partial charge in [-0.05, 0) is 45.8 Å². The SMILES string of the molecule is COc1cccc(C(=O)N/N=C\c2c3ccccc3cc3ccccc23)c1. The molecule has 0 aliphatic carbocycles. The van der Waals surface area contributed by atoms with E-state index in [1.54, 1.807) is 37.6 Å². The third-order valence-electron chi connectivity index (χ3n) is 4.50. The molecular weight excluding hydrogens is 336 g/mol. The van der Waals surface area contributed by atoms with E-state index < -0.39 is 0 Å². The number of amides is 1. The van der Waals surface area contributed by atoms with E-state index >= 15 is 0 Å². The molecule has 1 N–H and O–H groups in total. The van der Waals surface area contributed by atoms with Crippen molar-refractivity contribution in [3.8, 4) is 5.75 Å². The van der Waals surface area contributed by atoms with Crippen LogP contribution in [0.3, 0.4) is 0 Å². The summed E-state index contributed by atoms with van der Waals surface area (Å²) in [5.41, 5.74) is 4.08. The predicted molar refractivity (Wildman–Crippen MR) is 110 cm³/mol. The van der Waals surface area contributed by atoms with Gasteiger partial charge in [0.25, 0.3) is 5.91 Å². The van der Waals surface area contributed by atoms with E-state index in [4.69, 9.17) is 4.74 Å². The van der Waals surface area contributed by atoms with Gasteiger partial charge in [0.05, 0.1) is 13.3 Å². The second-order valence-corrected chi connectivity index (χ2v) is 6.16. The normalized spacial score (nSPS) is 11.1. The Balaban J connectivity index is 1.68. The summed E-state index contributed by atoms with van der Waals surface area (Å²) in [4.78, 5) is 12.3. The van der Waals surface area contributed by atoms with Gasteiger partial charge in [-0.1, -0.05) is 54.6 Å². The lowest BCUT2D eigenvalue weighted by Gasteiger charge is -2.08. The Labute approximate surface area is 157 Å². The van der Waals surface area contributed by atoms with Crippen LogP contribution in [0.1, 0.15) is 15.9 Å². The van der Waals surface area contributed by atoms with Crippen molar-refractivity contribution in [1.29, 1.82) is 0 Å². The van der Waals surface area contributed by atoms with Crippen molar-refractivity contribution < 1.29 is 9.53 Å². The van der Waals surface area contributed by atoms with Crippen molar-refractivity contribution in [3.05, 3.63) is 90.0 Å². The van der Waals surface area contributed by atoms with Crippen molar-refractivity contribution in [2.75, 3.05) is 7.11 Å². The van der Waals surface area contributed by atoms with Gasteiger partial charge in [-0.2, -0.15) is 5.10 Å². The van der Waals surface area contributed by atoms with Crippen LogP contribution in [0.5, 0.6) is 5.75 Å². The Bertz CT molecular complexity index is 1110. The summed E-state index contributed by atoms with van der Waals surface area (Å²) in [6.45, 7) is 0. The molecule has 0 heterocycles. The van der Waals surface area contributed by atoms with Crippen LogP contribution in [-0.2, 0) is 0 Å². The number of ether oxygens (including phenoxy) is 1. The summed E-state index contributed by atoms with van der Waals surface area (Å²) in [5, 5.41) is 8.67. The van der Waals surface area contributed by atoms with Crippen LogP contribution in [0.25, 0.3) is 21.5 Å². The van der Waals surface area contributed by atoms with Gasteiger partial charge < -0.3 is 4.74 Å². The van der Waals surface area contributed by atoms with E-state index in [-0.39, 0.29) is 5.91 Å². The summed E-state index contributed by atoms with van der Waals surface area (Å²) < 4.78 is 5.16. The molecule has 0 aliphatic rings. The van der Waals surface area contributed by atoms with E-state index in [1.165, 1.54) is 0 Å². The summed E-state index contributed by atoms with van der Waals surface area (Å²) in [6, 6.07) is 25.5. The van der Waals surface area contributed by atoms with Crippen LogP contribution in [0.15, 0.2) is 84.0 Å². The first kappa shape index (κ1) is 16.8. The standard InChI is InChI=1S/C23H18N2O2/c1-27-19-10-6-9-18(14-19)23(26)25-24-15-22-20-11-4-2-7-16(20)13-17-8-3-5-12-21(17)22/h2-15H,1H3,(H,25,26)/b24-15-. The smallest absolute Gasteiger partial charge is 0.271 e. The molecule has 0 aliphatic heterocycles. The minimum atomic E-state index is -0.283. The fourth-order valence-electron chi connectivity index (χ4n) is 3.17. The Hall–Kier alpha value is -3.66. The Morgan fingerprint density at radius 3 is 2.22 bits per heavy atom. The van der Waals surface area contributed by atoms with E-state index in [0.29, 0.717) is 11.3 Å². The number of nitrogens with one attached hydrogen (secondary N) is 1. The van der Waals surface area contributed by atoms with Crippen LogP contribution in [0.2, 0.25) is 0 Å². The number of hydrogen-bond donors (Lipinski definition) is 1. The summed E-state index contributed by atoms with van der Waals surface area (Å²) in [6.07, 6.45) is 1.71. The molecule has 0 atom stereocenters. The molecule has 4 aromatic carbocycles. The van der Waals surface area contributed by atoms with Gasteiger partial charge in [-0.3, -0.25) is 4.79 Å². The number of nitrogens with zero attached hydrogens (tertiary/aromatic N) is 1. The van der Waals surface area contributed by atoms with Crippen LogP contribution in [-0.4, -0.2) is 19.2 Å². The minimum Gasteiger partial charge on any atom is -0.497 e. The predicted octanol–water partition coefficient (Wildman–Crippen LogP) is 4.77. The molecule has 0 saturated carbocycles. The van der Waals surface area contributed by atoms with E-state index in [2.05, 4.69) is 40.9 Å². The van der Waals surface area contributed by atoms with Gasteiger partial charge in [-0.15, -0.1) is 0 Å². The number of carbonyl (C=O) groups is 1. The van der Waals surface area contributed by atoms with Gasteiger partial charge in [0.2, 0.25) is 0 Å².